The van der Waals surface area contributed by atoms with E-state index in [1.807, 2.05) is 0 Å². The lowest BCUT2D eigenvalue weighted by Crippen LogP contribution is -2.11. The van der Waals surface area contributed by atoms with Gasteiger partial charge >= 0.3 is 0 Å². The molecule has 2 aromatic carbocycles. The fourth-order valence-electron chi connectivity index (χ4n) is 1.91. The number of primary sulfonamides is 1. The fraction of sp³-hybridized carbons (Fsp3) is 0. The van der Waals surface area contributed by atoms with Crippen LogP contribution in [0.5, 0.6) is 0 Å². The maximum Gasteiger partial charge on any atom is 0.257 e. The summed E-state index contributed by atoms with van der Waals surface area (Å²) in [6.45, 7) is 0. The van der Waals surface area contributed by atoms with Gasteiger partial charge in [-0.3, -0.25) is 10.1 Å². The summed E-state index contributed by atoms with van der Waals surface area (Å²) in [5, 5.41) is 7.98. The van der Waals surface area contributed by atoms with Gasteiger partial charge in [-0.2, -0.15) is 0 Å². The van der Waals surface area contributed by atoms with E-state index in [4.69, 9.17) is 5.14 Å². The third-order valence-corrected chi connectivity index (χ3v) is 4.86. The maximum atomic E-state index is 12.8. The second-order valence-corrected chi connectivity index (χ2v) is 7.25. The van der Waals surface area contributed by atoms with Crippen molar-refractivity contribution in [3.05, 3.63) is 53.8 Å². The van der Waals surface area contributed by atoms with Crippen LogP contribution in [0.25, 0.3) is 10.2 Å². The van der Waals surface area contributed by atoms with Crippen LogP contribution in [0, 0.1) is 5.82 Å². The van der Waals surface area contributed by atoms with Gasteiger partial charge in [0.2, 0.25) is 10.0 Å². The number of carbonyl (C=O) groups excluding carboxylic acids is 1. The zero-order valence-electron chi connectivity index (χ0n) is 11.5. The van der Waals surface area contributed by atoms with Crippen LogP contribution < -0.4 is 10.5 Å². The van der Waals surface area contributed by atoms with Crippen molar-refractivity contribution in [1.29, 1.82) is 0 Å². The molecule has 0 atom stereocenters. The standard InChI is InChI=1S/C14H10FN3O3S2/c15-9-3-1-8(2-4-9)13(19)18-14-17-11-6-5-10(23(16,20)21)7-12(11)22-14/h1-7H,(H2,16,20,21)(H,17,18,19). The second kappa shape index (κ2) is 5.69. The summed E-state index contributed by atoms with van der Waals surface area (Å²) in [6, 6.07) is 9.35. The Morgan fingerprint density at radius 2 is 1.87 bits per heavy atom. The molecule has 0 radical (unpaired) electrons. The summed E-state index contributed by atoms with van der Waals surface area (Å²) >= 11 is 1.12. The summed E-state index contributed by atoms with van der Waals surface area (Å²) in [7, 11) is -3.80. The smallest absolute Gasteiger partial charge is 0.257 e. The van der Waals surface area contributed by atoms with Gasteiger partial charge in [0.25, 0.3) is 5.91 Å². The van der Waals surface area contributed by atoms with Crippen LogP contribution in [0.2, 0.25) is 0 Å². The summed E-state index contributed by atoms with van der Waals surface area (Å²) < 4.78 is 36.1. The summed E-state index contributed by atoms with van der Waals surface area (Å²) in [5.41, 5.74) is 0.827. The molecular formula is C14H10FN3O3S2. The van der Waals surface area contributed by atoms with Crippen LogP contribution in [0.4, 0.5) is 9.52 Å². The molecule has 0 fully saturated rings. The Labute approximate surface area is 134 Å². The van der Waals surface area contributed by atoms with E-state index in [0.29, 0.717) is 15.3 Å². The van der Waals surface area contributed by atoms with Crippen LogP contribution in [0.15, 0.2) is 47.4 Å². The van der Waals surface area contributed by atoms with Gasteiger partial charge in [-0.15, -0.1) is 0 Å². The van der Waals surface area contributed by atoms with Crippen LogP contribution in [-0.2, 0) is 10.0 Å². The average Bonchev–Trinajstić information content (AvgIpc) is 2.88. The minimum atomic E-state index is -3.80. The van der Waals surface area contributed by atoms with Crippen molar-refractivity contribution < 1.29 is 17.6 Å². The van der Waals surface area contributed by atoms with Gasteiger partial charge < -0.3 is 0 Å². The molecule has 23 heavy (non-hydrogen) atoms. The molecule has 0 aliphatic rings. The van der Waals surface area contributed by atoms with E-state index in [-0.39, 0.29) is 10.5 Å². The number of sulfonamides is 1. The number of thiazole rings is 1. The van der Waals surface area contributed by atoms with Gasteiger partial charge in [0.15, 0.2) is 5.13 Å². The van der Waals surface area contributed by atoms with Gasteiger partial charge in [0, 0.05) is 5.56 Å². The molecule has 0 spiro atoms. The number of nitrogens with one attached hydrogen (secondary N) is 1. The van der Waals surface area contributed by atoms with Crippen LogP contribution in [0.3, 0.4) is 0 Å². The van der Waals surface area contributed by atoms with Crippen molar-refractivity contribution in [2.75, 3.05) is 5.32 Å². The molecule has 0 aliphatic carbocycles. The predicted molar refractivity (Wildman–Crippen MR) is 85.3 cm³/mol. The lowest BCUT2D eigenvalue weighted by atomic mass is 10.2. The highest BCUT2D eigenvalue weighted by Gasteiger charge is 2.13. The Morgan fingerprint density at radius 3 is 2.52 bits per heavy atom. The van der Waals surface area contributed by atoms with Crippen LogP contribution in [-0.4, -0.2) is 19.3 Å². The van der Waals surface area contributed by atoms with Crippen LogP contribution >= 0.6 is 11.3 Å². The Balaban J connectivity index is 1.89. The zero-order chi connectivity index (χ0) is 16.6. The van der Waals surface area contributed by atoms with Gasteiger partial charge in [0.1, 0.15) is 5.82 Å². The van der Waals surface area contributed by atoms with Gasteiger partial charge in [-0.1, -0.05) is 11.3 Å². The van der Waals surface area contributed by atoms with Crippen molar-refractivity contribution in [1.82, 2.24) is 4.98 Å². The number of amides is 1. The van der Waals surface area contributed by atoms with Crippen molar-refractivity contribution in [3.63, 3.8) is 0 Å². The maximum absolute atomic E-state index is 12.8. The largest absolute Gasteiger partial charge is 0.298 e. The zero-order valence-corrected chi connectivity index (χ0v) is 13.1. The summed E-state index contributed by atoms with van der Waals surface area (Å²) in [6.07, 6.45) is 0. The molecule has 6 nitrogen and oxygen atoms in total. The highest BCUT2D eigenvalue weighted by atomic mass is 32.2. The molecular weight excluding hydrogens is 341 g/mol. The number of hydrogen-bond acceptors (Lipinski definition) is 5. The first-order chi connectivity index (χ1) is 10.8. The van der Waals surface area contributed by atoms with E-state index in [9.17, 15) is 17.6 Å². The number of rotatable bonds is 3. The van der Waals surface area contributed by atoms with Gasteiger partial charge in [0.05, 0.1) is 15.1 Å². The molecule has 0 saturated heterocycles. The number of nitrogens with zero attached hydrogens (tertiary/aromatic N) is 1. The average molecular weight is 351 g/mol. The molecule has 3 N–H and O–H groups in total. The van der Waals surface area contributed by atoms with E-state index in [0.717, 1.165) is 11.3 Å². The monoisotopic (exact) mass is 351 g/mol. The molecule has 0 unspecified atom stereocenters. The Morgan fingerprint density at radius 1 is 1.17 bits per heavy atom. The van der Waals surface area contributed by atoms with Gasteiger partial charge in [-0.05, 0) is 42.5 Å². The van der Waals surface area contributed by atoms with E-state index < -0.39 is 21.7 Å². The number of carbonyl (C=O) groups is 1. The number of nitrogens with two attached hydrogens (primary N) is 1. The Hall–Kier alpha value is -2.36. The molecule has 9 heteroatoms. The third-order valence-electron chi connectivity index (χ3n) is 3.02. The predicted octanol–water partition coefficient (Wildman–Crippen LogP) is 2.34. The van der Waals surface area contributed by atoms with Crippen molar-refractivity contribution >= 4 is 42.6 Å². The minimum Gasteiger partial charge on any atom is -0.298 e. The normalized spacial score (nSPS) is 11.6. The van der Waals surface area contributed by atoms with Crippen molar-refractivity contribution in [3.8, 4) is 0 Å². The highest BCUT2D eigenvalue weighted by molar-refractivity contribution is 7.89. The third kappa shape index (κ3) is 3.36. The van der Waals surface area contributed by atoms with Crippen molar-refractivity contribution in [2.45, 2.75) is 4.90 Å². The Kier molecular flexibility index (Phi) is 3.84. The topological polar surface area (TPSA) is 102 Å². The van der Waals surface area contributed by atoms with Crippen molar-refractivity contribution in [2.24, 2.45) is 5.14 Å². The molecule has 1 amide bonds. The van der Waals surface area contributed by atoms with Crippen LogP contribution in [0.1, 0.15) is 10.4 Å². The Bertz CT molecular complexity index is 998. The molecule has 0 bridgehead atoms. The van der Waals surface area contributed by atoms with Gasteiger partial charge in [-0.25, -0.2) is 22.9 Å². The quantitative estimate of drug-likeness (QED) is 0.756. The van der Waals surface area contributed by atoms with E-state index in [1.54, 1.807) is 0 Å². The number of aromatic nitrogens is 1. The first-order valence-corrected chi connectivity index (χ1v) is 8.69. The number of anilines is 1. The number of benzene rings is 2. The second-order valence-electron chi connectivity index (χ2n) is 4.65. The molecule has 0 aliphatic heterocycles. The number of hydrogen-bond donors (Lipinski definition) is 2. The number of fused-ring (bicyclic) bond motifs is 1. The first kappa shape index (κ1) is 15.5. The summed E-state index contributed by atoms with van der Waals surface area (Å²) in [4.78, 5) is 16.2. The number of halogens is 1. The fourth-order valence-corrected chi connectivity index (χ4v) is 3.42. The minimum absolute atomic E-state index is 0.0231. The SMILES string of the molecule is NS(=O)(=O)c1ccc2nc(NC(=O)c3ccc(F)cc3)sc2c1. The van der Waals surface area contributed by atoms with E-state index in [1.165, 1.54) is 42.5 Å². The van der Waals surface area contributed by atoms with E-state index >= 15 is 0 Å². The molecule has 3 aromatic rings. The van der Waals surface area contributed by atoms with E-state index in [2.05, 4.69) is 10.3 Å². The lowest BCUT2D eigenvalue weighted by Gasteiger charge is -2.00. The molecule has 118 valence electrons. The molecule has 1 aromatic heterocycles. The molecule has 3 rings (SSSR count). The highest BCUT2D eigenvalue weighted by Crippen LogP contribution is 2.28. The summed E-state index contributed by atoms with van der Waals surface area (Å²) in [5.74, 6) is -0.868. The first-order valence-electron chi connectivity index (χ1n) is 6.33. The molecule has 0 saturated carbocycles. The lowest BCUT2D eigenvalue weighted by molar-refractivity contribution is 0.102. The molecule has 1 heterocycles.